The molecule has 1 aromatic rings. The van der Waals surface area contributed by atoms with E-state index in [4.69, 9.17) is 5.26 Å². The molecule has 0 bridgehead atoms. The lowest BCUT2D eigenvalue weighted by Crippen LogP contribution is -2.37. The van der Waals surface area contributed by atoms with E-state index in [-0.39, 0.29) is 24.2 Å². The topological polar surface area (TPSA) is 77.2 Å². The molecule has 0 aliphatic carbocycles. The molecule has 88 valence electrons. The number of rotatable bonds is 2. The Balaban J connectivity index is 2.22. The Morgan fingerprint density at radius 2 is 2.53 bits per heavy atom. The van der Waals surface area contributed by atoms with Crippen LogP contribution in [0.4, 0.5) is 0 Å². The van der Waals surface area contributed by atoms with E-state index in [0.29, 0.717) is 12.1 Å². The molecule has 1 amide bonds. The van der Waals surface area contributed by atoms with Crippen LogP contribution in [0.1, 0.15) is 28.9 Å². The number of aromatic nitrogens is 1. The summed E-state index contributed by atoms with van der Waals surface area (Å²) in [6.45, 7) is 0.649. The van der Waals surface area contributed by atoms with Gasteiger partial charge in [-0.1, -0.05) is 0 Å². The van der Waals surface area contributed by atoms with Crippen molar-refractivity contribution in [3.05, 3.63) is 29.6 Å². The van der Waals surface area contributed by atoms with Crippen LogP contribution in [-0.2, 0) is 0 Å². The number of likely N-dealkylation sites (tertiary alicyclic amines) is 1. The molecular weight excluding hydrogens is 218 g/mol. The van der Waals surface area contributed by atoms with Crippen molar-refractivity contribution in [3.8, 4) is 6.07 Å². The minimum Gasteiger partial charge on any atom is -0.394 e. The van der Waals surface area contributed by atoms with Crippen LogP contribution in [0, 0.1) is 11.3 Å². The molecule has 1 fully saturated rings. The average molecular weight is 231 g/mol. The maximum Gasteiger partial charge on any atom is 0.254 e. The molecule has 1 saturated heterocycles. The molecule has 1 atom stereocenters. The Labute approximate surface area is 99.3 Å². The Morgan fingerprint density at radius 3 is 3.24 bits per heavy atom. The van der Waals surface area contributed by atoms with Crippen LogP contribution in [0.3, 0.4) is 0 Å². The van der Waals surface area contributed by atoms with E-state index < -0.39 is 0 Å². The van der Waals surface area contributed by atoms with E-state index in [0.717, 1.165) is 12.8 Å². The van der Waals surface area contributed by atoms with Crippen LogP contribution in [0.15, 0.2) is 18.3 Å². The Bertz CT molecular complexity index is 467. The second-order valence-corrected chi connectivity index (χ2v) is 4.02. The van der Waals surface area contributed by atoms with Gasteiger partial charge in [-0.3, -0.25) is 4.79 Å². The van der Waals surface area contributed by atoms with Gasteiger partial charge in [-0.05, 0) is 25.0 Å². The average Bonchev–Trinajstić information content (AvgIpc) is 2.86. The van der Waals surface area contributed by atoms with E-state index >= 15 is 0 Å². The van der Waals surface area contributed by atoms with E-state index in [1.807, 2.05) is 6.07 Å². The van der Waals surface area contributed by atoms with Gasteiger partial charge in [0, 0.05) is 18.3 Å². The lowest BCUT2D eigenvalue weighted by Gasteiger charge is -2.22. The van der Waals surface area contributed by atoms with Crippen molar-refractivity contribution in [2.45, 2.75) is 18.9 Å². The summed E-state index contributed by atoms with van der Waals surface area (Å²) in [5, 5.41) is 17.9. The van der Waals surface area contributed by atoms with Crippen LogP contribution in [0.5, 0.6) is 0 Å². The molecule has 0 aromatic carbocycles. The molecule has 5 nitrogen and oxygen atoms in total. The van der Waals surface area contributed by atoms with E-state index in [1.165, 1.54) is 12.3 Å². The van der Waals surface area contributed by atoms with Gasteiger partial charge < -0.3 is 10.0 Å². The predicted octanol–water partition coefficient (Wildman–Crippen LogP) is 0.550. The molecule has 0 radical (unpaired) electrons. The van der Waals surface area contributed by atoms with Crippen molar-refractivity contribution in [1.29, 1.82) is 5.26 Å². The molecule has 17 heavy (non-hydrogen) atoms. The molecule has 5 heteroatoms. The fraction of sp³-hybridized carbons (Fsp3) is 0.417. The summed E-state index contributed by atoms with van der Waals surface area (Å²) in [7, 11) is 0. The highest BCUT2D eigenvalue weighted by atomic mass is 16.3. The second kappa shape index (κ2) is 4.93. The number of aliphatic hydroxyl groups excluding tert-OH is 1. The molecule has 0 spiro atoms. The van der Waals surface area contributed by atoms with Crippen molar-refractivity contribution in [1.82, 2.24) is 9.88 Å². The lowest BCUT2D eigenvalue weighted by atomic mass is 10.2. The number of carbonyl (C=O) groups is 1. The second-order valence-electron chi connectivity index (χ2n) is 4.02. The normalized spacial score (nSPS) is 19.1. The molecule has 2 rings (SSSR count). The van der Waals surface area contributed by atoms with Gasteiger partial charge in [-0.15, -0.1) is 0 Å². The predicted molar refractivity (Wildman–Crippen MR) is 60.1 cm³/mol. The highest BCUT2D eigenvalue weighted by Crippen LogP contribution is 2.19. The van der Waals surface area contributed by atoms with Crippen LogP contribution in [-0.4, -0.2) is 40.1 Å². The van der Waals surface area contributed by atoms with Crippen molar-refractivity contribution in [2.75, 3.05) is 13.2 Å². The minimum absolute atomic E-state index is 0.0120. The standard InChI is InChI=1S/C12H13N3O2/c13-7-10-6-9(3-4-14-10)12(17)15-5-1-2-11(15)8-16/h3-4,6,11,16H,1-2,5,8H2. The first-order valence-electron chi connectivity index (χ1n) is 5.54. The van der Waals surface area contributed by atoms with Gasteiger partial charge in [0.15, 0.2) is 0 Å². The summed E-state index contributed by atoms with van der Waals surface area (Å²) in [4.78, 5) is 17.7. The third-order valence-electron chi connectivity index (χ3n) is 2.97. The molecule has 2 heterocycles. The molecular formula is C12H13N3O2. The van der Waals surface area contributed by atoms with Gasteiger partial charge in [-0.2, -0.15) is 5.26 Å². The Morgan fingerprint density at radius 1 is 1.71 bits per heavy atom. The van der Waals surface area contributed by atoms with Gasteiger partial charge >= 0.3 is 0 Å². The molecule has 0 saturated carbocycles. The third kappa shape index (κ3) is 2.27. The largest absolute Gasteiger partial charge is 0.394 e. The Hall–Kier alpha value is -1.93. The Kier molecular flexibility index (Phi) is 3.35. The minimum atomic E-state index is -0.138. The van der Waals surface area contributed by atoms with Crippen LogP contribution in [0.2, 0.25) is 0 Å². The molecule has 1 aliphatic rings. The summed E-state index contributed by atoms with van der Waals surface area (Å²) in [5.41, 5.74) is 0.687. The number of pyridine rings is 1. The molecule has 1 aliphatic heterocycles. The van der Waals surface area contributed by atoms with E-state index in [1.54, 1.807) is 11.0 Å². The van der Waals surface area contributed by atoms with Crippen molar-refractivity contribution >= 4 is 5.91 Å². The maximum absolute atomic E-state index is 12.2. The smallest absolute Gasteiger partial charge is 0.254 e. The fourth-order valence-corrected chi connectivity index (χ4v) is 2.08. The van der Waals surface area contributed by atoms with Crippen molar-refractivity contribution in [3.63, 3.8) is 0 Å². The number of nitrogens with zero attached hydrogens (tertiary/aromatic N) is 3. The number of hydrogen-bond donors (Lipinski definition) is 1. The van der Waals surface area contributed by atoms with Gasteiger partial charge in [0.2, 0.25) is 0 Å². The first-order valence-corrected chi connectivity index (χ1v) is 5.54. The zero-order chi connectivity index (χ0) is 12.3. The quantitative estimate of drug-likeness (QED) is 0.806. The van der Waals surface area contributed by atoms with E-state index in [9.17, 15) is 9.90 Å². The van der Waals surface area contributed by atoms with Crippen LogP contribution >= 0.6 is 0 Å². The first kappa shape index (κ1) is 11.6. The summed E-state index contributed by atoms with van der Waals surface area (Å²) in [6, 6.07) is 4.89. The van der Waals surface area contributed by atoms with Crippen molar-refractivity contribution in [2.24, 2.45) is 0 Å². The highest BCUT2D eigenvalue weighted by Gasteiger charge is 2.28. The zero-order valence-corrected chi connectivity index (χ0v) is 9.33. The van der Waals surface area contributed by atoms with Crippen molar-refractivity contribution < 1.29 is 9.90 Å². The summed E-state index contributed by atoms with van der Waals surface area (Å²) in [6.07, 6.45) is 3.20. The summed E-state index contributed by atoms with van der Waals surface area (Å²) in [5.74, 6) is -0.138. The number of carbonyl (C=O) groups excluding carboxylic acids is 1. The molecule has 1 unspecified atom stereocenters. The number of nitriles is 1. The van der Waals surface area contributed by atoms with Gasteiger partial charge in [0.25, 0.3) is 5.91 Å². The number of hydrogen-bond acceptors (Lipinski definition) is 4. The maximum atomic E-state index is 12.2. The molecule has 1 N–H and O–H groups in total. The van der Waals surface area contributed by atoms with Crippen LogP contribution in [0.25, 0.3) is 0 Å². The molecule has 1 aromatic heterocycles. The van der Waals surface area contributed by atoms with Gasteiger partial charge in [0.05, 0.1) is 12.6 Å². The van der Waals surface area contributed by atoms with Gasteiger partial charge in [0.1, 0.15) is 11.8 Å². The van der Waals surface area contributed by atoms with Crippen LogP contribution < -0.4 is 0 Å². The monoisotopic (exact) mass is 231 g/mol. The summed E-state index contributed by atoms with van der Waals surface area (Å²) < 4.78 is 0. The van der Waals surface area contributed by atoms with Gasteiger partial charge in [-0.25, -0.2) is 4.98 Å². The van der Waals surface area contributed by atoms with E-state index in [2.05, 4.69) is 4.98 Å². The zero-order valence-electron chi connectivity index (χ0n) is 9.33. The fourth-order valence-electron chi connectivity index (χ4n) is 2.08. The summed E-state index contributed by atoms with van der Waals surface area (Å²) >= 11 is 0. The lowest BCUT2D eigenvalue weighted by molar-refractivity contribution is 0.0677. The third-order valence-corrected chi connectivity index (χ3v) is 2.97. The number of amides is 1. The SMILES string of the molecule is N#Cc1cc(C(=O)N2CCCC2CO)ccn1. The number of aliphatic hydroxyl groups is 1. The first-order chi connectivity index (χ1) is 8.26. The highest BCUT2D eigenvalue weighted by molar-refractivity contribution is 5.94.